The highest BCUT2D eigenvalue weighted by atomic mass is 19.1. The minimum Gasteiger partial charge on any atom is -0.395 e. The summed E-state index contributed by atoms with van der Waals surface area (Å²) in [6, 6.07) is 5.78. The van der Waals surface area contributed by atoms with Crippen LogP contribution in [0.1, 0.15) is 12.0 Å². The van der Waals surface area contributed by atoms with E-state index >= 15 is 0 Å². The number of β-amino-alcohol motifs (C(OH)–C–C–N with tert-alkyl or cyclic N) is 1. The Morgan fingerprint density at radius 1 is 1.23 bits per heavy atom. The Kier molecular flexibility index (Phi) is 6.57. The van der Waals surface area contributed by atoms with Crippen LogP contribution in [-0.2, 0) is 4.79 Å². The van der Waals surface area contributed by atoms with Crippen LogP contribution < -0.4 is 21.3 Å². The van der Waals surface area contributed by atoms with Gasteiger partial charge < -0.3 is 26.4 Å². The van der Waals surface area contributed by atoms with Crippen LogP contribution in [0.2, 0.25) is 0 Å². The average Bonchev–Trinajstić information content (AvgIpc) is 3.44. The Labute approximate surface area is 204 Å². The van der Waals surface area contributed by atoms with E-state index in [9.17, 15) is 9.18 Å². The van der Waals surface area contributed by atoms with Gasteiger partial charge in [0.2, 0.25) is 11.9 Å². The molecule has 2 fully saturated rings. The molecule has 1 aromatic carbocycles. The first kappa shape index (κ1) is 23.5. The van der Waals surface area contributed by atoms with E-state index in [0.717, 1.165) is 50.0 Å². The molecule has 35 heavy (non-hydrogen) atoms. The summed E-state index contributed by atoms with van der Waals surface area (Å²) in [7, 11) is 0. The number of nitrogens with two attached hydrogens (primary N) is 1. The van der Waals surface area contributed by atoms with Gasteiger partial charge in [0.05, 0.1) is 18.7 Å². The van der Waals surface area contributed by atoms with Crippen LogP contribution in [0.5, 0.6) is 0 Å². The highest BCUT2D eigenvalue weighted by Gasteiger charge is 2.47. The van der Waals surface area contributed by atoms with Crippen molar-refractivity contribution in [2.45, 2.75) is 19.4 Å². The molecule has 5 N–H and O–H groups in total. The second-order valence-corrected chi connectivity index (χ2v) is 9.62. The lowest BCUT2D eigenvalue weighted by molar-refractivity contribution is -0.122. The molecule has 5 rings (SSSR count). The van der Waals surface area contributed by atoms with Crippen molar-refractivity contribution < 1.29 is 14.3 Å². The largest absolute Gasteiger partial charge is 0.395 e. The van der Waals surface area contributed by atoms with Gasteiger partial charge in [0.1, 0.15) is 0 Å². The van der Waals surface area contributed by atoms with Crippen molar-refractivity contribution in [1.82, 2.24) is 14.9 Å². The van der Waals surface area contributed by atoms with Gasteiger partial charge in [0, 0.05) is 50.1 Å². The Morgan fingerprint density at radius 2 is 2.00 bits per heavy atom. The minimum atomic E-state index is -0.572. The van der Waals surface area contributed by atoms with Crippen molar-refractivity contribution in [3.63, 3.8) is 0 Å². The first-order valence-electron chi connectivity index (χ1n) is 12.2. The van der Waals surface area contributed by atoms with E-state index in [4.69, 9.17) is 10.8 Å². The second-order valence-electron chi connectivity index (χ2n) is 9.62. The zero-order chi connectivity index (χ0) is 24.5. The van der Waals surface area contributed by atoms with E-state index in [-0.39, 0.29) is 48.1 Å². The summed E-state index contributed by atoms with van der Waals surface area (Å²) in [6.45, 7) is 6.63. The maximum atomic E-state index is 14.6. The van der Waals surface area contributed by atoms with Crippen LogP contribution in [0.4, 0.5) is 27.5 Å². The molecular weight excluding hydrogens is 449 g/mol. The predicted octanol–water partition coefficient (Wildman–Crippen LogP) is 1.87. The SMILES string of the molecule is Cc1cc(Nc2ncc(F)c(NC3C4C=CC(C4)C3C(N)=O)n2)ccc1N1CCN(CCO)CC1. The number of aliphatic hydroxyl groups is 1. The summed E-state index contributed by atoms with van der Waals surface area (Å²) >= 11 is 0. The molecule has 1 aromatic heterocycles. The number of nitrogens with one attached hydrogen (secondary N) is 2. The highest BCUT2D eigenvalue weighted by molar-refractivity contribution is 5.79. The van der Waals surface area contributed by atoms with E-state index in [1.165, 1.54) is 5.69 Å². The van der Waals surface area contributed by atoms with Crippen molar-refractivity contribution in [3.8, 4) is 0 Å². The maximum Gasteiger partial charge on any atom is 0.229 e. The summed E-state index contributed by atoms with van der Waals surface area (Å²) < 4.78 is 14.6. The molecule has 4 unspecified atom stereocenters. The Balaban J connectivity index is 1.27. The lowest BCUT2D eigenvalue weighted by Crippen LogP contribution is -2.47. The summed E-state index contributed by atoms with van der Waals surface area (Å²) in [5.41, 5.74) is 8.72. The van der Waals surface area contributed by atoms with Gasteiger partial charge in [0.15, 0.2) is 11.6 Å². The van der Waals surface area contributed by atoms with Crippen molar-refractivity contribution in [2.75, 3.05) is 54.9 Å². The van der Waals surface area contributed by atoms with E-state index in [1.807, 2.05) is 18.2 Å². The fourth-order valence-corrected chi connectivity index (χ4v) is 5.66. The number of piperazine rings is 1. The molecule has 4 atom stereocenters. The number of primary amides is 1. The third kappa shape index (κ3) is 4.81. The van der Waals surface area contributed by atoms with Crippen LogP contribution in [0.25, 0.3) is 0 Å². The van der Waals surface area contributed by atoms with Gasteiger partial charge in [-0.1, -0.05) is 12.2 Å². The number of amides is 1. The third-order valence-electron chi connectivity index (χ3n) is 7.42. The summed E-state index contributed by atoms with van der Waals surface area (Å²) in [5, 5.41) is 15.4. The number of aromatic nitrogens is 2. The predicted molar refractivity (Wildman–Crippen MR) is 133 cm³/mol. The van der Waals surface area contributed by atoms with Crippen molar-refractivity contribution >= 4 is 29.0 Å². The number of carbonyl (C=O) groups is 1. The fourth-order valence-electron chi connectivity index (χ4n) is 5.66. The maximum absolute atomic E-state index is 14.6. The average molecular weight is 482 g/mol. The Hall–Kier alpha value is -3.24. The Morgan fingerprint density at radius 3 is 2.71 bits per heavy atom. The quantitative estimate of drug-likeness (QED) is 0.422. The molecule has 1 saturated heterocycles. The molecule has 0 spiro atoms. The van der Waals surface area contributed by atoms with Crippen molar-refractivity contribution in [1.29, 1.82) is 0 Å². The number of hydrogen-bond donors (Lipinski definition) is 4. The fraction of sp³-hybridized carbons (Fsp3) is 0.480. The number of hydrogen-bond acceptors (Lipinski definition) is 8. The van der Waals surface area contributed by atoms with Crippen molar-refractivity contribution in [2.24, 2.45) is 23.5 Å². The standard InChI is InChI=1S/C25H32FN7O2/c1-15-12-18(4-5-20(15)33-8-6-32(7-9-33)10-11-34)29-25-28-14-19(26)24(31-25)30-22-17-3-2-16(13-17)21(22)23(27)35/h2-5,12,14,16-17,21-22,34H,6-11,13H2,1H3,(H2,27,35)(H2,28,29,30,31). The summed E-state index contributed by atoms with van der Waals surface area (Å²) in [6.07, 6.45) is 6.07. The number of allylic oxidation sites excluding steroid dienone is 1. The molecule has 0 radical (unpaired) electrons. The van der Waals surface area contributed by atoms with Gasteiger partial charge in [-0.25, -0.2) is 9.37 Å². The van der Waals surface area contributed by atoms with E-state index in [1.54, 1.807) is 0 Å². The molecule has 1 amide bonds. The topological polar surface area (TPSA) is 120 Å². The van der Waals surface area contributed by atoms with Gasteiger partial charge in [-0.05, 0) is 48.9 Å². The van der Waals surface area contributed by atoms with E-state index < -0.39 is 5.82 Å². The molecule has 3 aliphatic rings. The lowest BCUT2D eigenvalue weighted by atomic mass is 9.88. The van der Waals surface area contributed by atoms with Gasteiger partial charge in [-0.2, -0.15) is 4.98 Å². The summed E-state index contributed by atoms with van der Waals surface area (Å²) in [4.78, 5) is 25.1. The minimum absolute atomic E-state index is 0.0637. The number of halogens is 1. The molecule has 2 heterocycles. The molecule has 2 aliphatic carbocycles. The number of fused-ring (bicyclic) bond motifs is 2. The number of aliphatic hydroxyl groups excluding tert-OH is 1. The normalized spacial score (nSPS) is 25.7. The summed E-state index contributed by atoms with van der Waals surface area (Å²) in [5.74, 6) is -0.770. The molecule has 9 nitrogen and oxygen atoms in total. The zero-order valence-corrected chi connectivity index (χ0v) is 19.8. The van der Waals surface area contributed by atoms with E-state index in [0.29, 0.717) is 6.54 Å². The van der Waals surface area contributed by atoms with Crippen LogP contribution >= 0.6 is 0 Å². The van der Waals surface area contributed by atoms with Gasteiger partial charge in [-0.3, -0.25) is 9.69 Å². The smallest absolute Gasteiger partial charge is 0.229 e. The molecule has 1 aliphatic heterocycles. The zero-order valence-electron chi connectivity index (χ0n) is 19.8. The molecule has 10 heteroatoms. The van der Waals surface area contributed by atoms with Gasteiger partial charge in [-0.15, -0.1) is 0 Å². The monoisotopic (exact) mass is 481 g/mol. The first-order valence-corrected chi connectivity index (χ1v) is 12.2. The number of nitrogens with zero attached hydrogens (tertiary/aromatic N) is 4. The van der Waals surface area contributed by atoms with Gasteiger partial charge >= 0.3 is 0 Å². The lowest BCUT2D eigenvalue weighted by Gasteiger charge is -2.36. The van der Waals surface area contributed by atoms with Crippen LogP contribution in [-0.4, -0.2) is 71.3 Å². The second kappa shape index (κ2) is 9.79. The first-order chi connectivity index (χ1) is 16.9. The number of aryl methyl sites for hydroxylation is 1. The Bertz CT molecular complexity index is 1120. The van der Waals surface area contributed by atoms with Crippen LogP contribution in [0.15, 0.2) is 36.5 Å². The molecule has 2 aromatic rings. The van der Waals surface area contributed by atoms with Gasteiger partial charge in [0.25, 0.3) is 0 Å². The van der Waals surface area contributed by atoms with Crippen LogP contribution in [0.3, 0.4) is 0 Å². The molecule has 2 bridgehead atoms. The number of anilines is 4. The highest BCUT2D eigenvalue weighted by Crippen LogP contribution is 2.45. The van der Waals surface area contributed by atoms with Crippen LogP contribution in [0, 0.1) is 30.5 Å². The number of carbonyl (C=O) groups excluding carboxylic acids is 1. The third-order valence-corrected chi connectivity index (χ3v) is 7.42. The molecule has 186 valence electrons. The molecular formula is C25H32FN7O2. The van der Waals surface area contributed by atoms with E-state index in [2.05, 4.69) is 49.5 Å². The number of rotatable bonds is 8. The number of benzene rings is 1. The van der Waals surface area contributed by atoms with Crippen molar-refractivity contribution in [3.05, 3.63) is 47.9 Å². The molecule has 1 saturated carbocycles.